The van der Waals surface area contributed by atoms with E-state index in [1.807, 2.05) is 25.1 Å². The lowest BCUT2D eigenvalue weighted by Crippen LogP contribution is -2.42. The molecule has 27 heavy (non-hydrogen) atoms. The highest BCUT2D eigenvalue weighted by Crippen LogP contribution is 2.37. The first-order valence-electron chi connectivity index (χ1n) is 9.08. The van der Waals surface area contributed by atoms with E-state index in [0.29, 0.717) is 24.0 Å². The third-order valence-electron chi connectivity index (χ3n) is 5.00. The number of aryl methyl sites for hydroxylation is 2. The maximum absolute atomic E-state index is 13.1. The summed E-state index contributed by atoms with van der Waals surface area (Å²) in [5.41, 5.74) is 2.87. The second kappa shape index (κ2) is 7.90. The largest absolute Gasteiger partial charge is 0.733 e. The fourth-order valence-corrected chi connectivity index (χ4v) is 3.54. The summed E-state index contributed by atoms with van der Waals surface area (Å²) in [7, 11) is 0. The Morgan fingerprint density at radius 1 is 1.26 bits per heavy atom. The van der Waals surface area contributed by atoms with Gasteiger partial charge in [0.05, 0.1) is 5.69 Å². The second-order valence-electron chi connectivity index (χ2n) is 7.01. The minimum atomic E-state index is -0.156. The summed E-state index contributed by atoms with van der Waals surface area (Å²) < 4.78 is 0. The fourth-order valence-electron chi connectivity index (χ4n) is 3.54. The first-order valence-corrected chi connectivity index (χ1v) is 9.08. The monoisotopic (exact) mass is 367 g/mol. The van der Waals surface area contributed by atoms with Gasteiger partial charge in [0.2, 0.25) is 0 Å². The standard InChI is InChI=1S/C21H23N2O4/c1-14-8-10-17-13-20(23(26)27)18(11-9-15(2)24)12-19(17)22(14)21(25)16-6-4-3-5-7-16/h3-7,12-14,26H,8-11H2,1-2H3/q-1. The SMILES string of the molecule is CC(=O)CCc1cc2c(cc1N([O-])O)CCC(C)N2C(=O)c1ccccc1. The van der Waals surface area contributed by atoms with Gasteiger partial charge in [-0.2, -0.15) is 0 Å². The van der Waals surface area contributed by atoms with E-state index < -0.39 is 0 Å². The van der Waals surface area contributed by atoms with Gasteiger partial charge in [0.25, 0.3) is 5.91 Å². The van der Waals surface area contributed by atoms with Crippen molar-refractivity contribution in [2.24, 2.45) is 0 Å². The lowest BCUT2D eigenvalue weighted by atomic mass is 9.92. The lowest BCUT2D eigenvalue weighted by Gasteiger charge is -2.37. The van der Waals surface area contributed by atoms with E-state index in [1.54, 1.807) is 29.2 Å². The summed E-state index contributed by atoms with van der Waals surface area (Å²) in [6.45, 7) is 3.48. The molecule has 0 radical (unpaired) electrons. The third kappa shape index (κ3) is 4.02. The first kappa shape index (κ1) is 19.1. The topological polar surface area (TPSA) is 83.9 Å². The summed E-state index contributed by atoms with van der Waals surface area (Å²) >= 11 is 0. The summed E-state index contributed by atoms with van der Waals surface area (Å²) in [6.07, 6.45) is 2.08. The van der Waals surface area contributed by atoms with Crippen LogP contribution in [0, 0.1) is 5.21 Å². The molecule has 6 nitrogen and oxygen atoms in total. The Morgan fingerprint density at radius 3 is 2.59 bits per heavy atom. The van der Waals surface area contributed by atoms with Crippen molar-refractivity contribution >= 4 is 23.1 Å². The van der Waals surface area contributed by atoms with Crippen LogP contribution < -0.4 is 10.1 Å². The molecule has 1 aliphatic heterocycles. The number of rotatable bonds is 5. The van der Waals surface area contributed by atoms with Gasteiger partial charge >= 0.3 is 0 Å². The number of Topliss-reactive ketones (excluding diaryl/α,β-unsaturated/α-hetero) is 1. The van der Waals surface area contributed by atoms with Crippen LogP contribution >= 0.6 is 0 Å². The summed E-state index contributed by atoms with van der Waals surface area (Å²) in [4.78, 5) is 26.2. The van der Waals surface area contributed by atoms with Gasteiger partial charge < -0.3 is 20.1 Å². The van der Waals surface area contributed by atoms with Crippen molar-refractivity contribution in [1.29, 1.82) is 0 Å². The molecule has 0 saturated carbocycles. The number of fused-ring (bicyclic) bond motifs is 1. The van der Waals surface area contributed by atoms with Crippen molar-refractivity contribution in [3.05, 3.63) is 64.4 Å². The van der Waals surface area contributed by atoms with Gasteiger partial charge in [-0.25, -0.2) is 0 Å². The lowest BCUT2D eigenvalue weighted by molar-refractivity contribution is -0.116. The van der Waals surface area contributed by atoms with Gasteiger partial charge in [0, 0.05) is 23.7 Å². The normalized spacial score (nSPS) is 16.0. The van der Waals surface area contributed by atoms with Gasteiger partial charge in [-0.05, 0) is 68.5 Å². The van der Waals surface area contributed by atoms with E-state index >= 15 is 0 Å². The number of ketones is 1. The van der Waals surface area contributed by atoms with Gasteiger partial charge in [0.15, 0.2) is 0 Å². The van der Waals surface area contributed by atoms with Crippen molar-refractivity contribution < 1.29 is 14.8 Å². The zero-order valence-corrected chi connectivity index (χ0v) is 15.5. The molecule has 2 aromatic carbocycles. The van der Waals surface area contributed by atoms with E-state index in [-0.39, 0.29) is 35.1 Å². The van der Waals surface area contributed by atoms with Crippen molar-refractivity contribution in [1.82, 2.24) is 0 Å². The molecule has 3 rings (SSSR count). The molecule has 2 aromatic rings. The van der Waals surface area contributed by atoms with Crippen molar-refractivity contribution in [2.75, 3.05) is 10.1 Å². The zero-order chi connectivity index (χ0) is 19.6. The molecule has 0 saturated heterocycles. The number of anilines is 2. The average Bonchev–Trinajstić information content (AvgIpc) is 2.65. The number of amides is 1. The van der Waals surface area contributed by atoms with Crippen LogP contribution in [0.1, 0.15) is 48.2 Å². The van der Waals surface area contributed by atoms with Crippen LogP contribution in [0.3, 0.4) is 0 Å². The Kier molecular flexibility index (Phi) is 5.58. The molecule has 0 spiro atoms. The van der Waals surface area contributed by atoms with Crippen LogP contribution in [0.15, 0.2) is 42.5 Å². The van der Waals surface area contributed by atoms with Crippen LogP contribution in [-0.2, 0) is 17.6 Å². The van der Waals surface area contributed by atoms with Crippen molar-refractivity contribution in [3.63, 3.8) is 0 Å². The highest BCUT2D eigenvalue weighted by Gasteiger charge is 2.30. The Labute approximate surface area is 158 Å². The number of hydrogen-bond donors (Lipinski definition) is 1. The maximum Gasteiger partial charge on any atom is 0.258 e. The highest BCUT2D eigenvalue weighted by molar-refractivity contribution is 6.07. The Hall–Kier alpha value is -2.70. The molecule has 1 unspecified atom stereocenters. The van der Waals surface area contributed by atoms with Crippen molar-refractivity contribution in [3.8, 4) is 0 Å². The van der Waals surface area contributed by atoms with Crippen LogP contribution in [0.4, 0.5) is 11.4 Å². The fraction of sp³-hybridized carbons (Fsp3) is 0.333. The highest BCUT2D eigenvalue weighted by atomic mass is 16.8. The Balaban J connectivity index is 2.06. The predicted octanol–water partition coefficient (Wildman–Crippen LogP) is 3.88. The molecule has 0 bridgehead atoms. The minimum Gasteiger partial charge on any atom is -0.733 e. The molecule has 1 heterocycles. The quantitative estimate of drug-likeness (QED) is 0.811. The second-order valence-corrected chi connectivity index (χ2v) is 7.01. The predicted molar refractivity (Wildman–Crippen MR) is 104 cm³/mol. The van der Waals surface area contributed by atoms with E-state index in [0.717, 1.165) is 17.7 Å². The zero-order valence-electron chi connectivity index (χ0n) is 15.5. The minimum absolute atomic E-state index is 0.000328. The third-order valence-corrected chi connectivity index (χ3v) is 5.00. The molecule has 1 atom stereocenters. The average molecular weight is 367 g/mol. The Bertz CT molecular complexity index is 849. The van der Waals surface area contributed by atoms with Crippen molar-refractivity contribution in [2.45, 2.75) is 45.6 Å². The van der Waals surface area contributed by atoms with Crippen LogP contribution in [0.25, 0.3) is 0 Å². The van der Waals surface area contributed by atoms with E-state index in [4.69, 9.17) is 0 Å². The number of nitrogens with zero attached hydrogens (tertiary/aromatic N) is 2. The molecule has 1 amide bonds. The number of hydrogen-bond acceptors (Lipinski definition) is 5. The molecule has 1 N–H and O–H groups in total. The van der Waals surface area contributed by atoms with Crippen LogP contribution in [-0.4, -0.2) is 22.9 Å². The molecule has 142 valence electrons. The van der Waals surface area contributed by atoms with Crippen LogP contribution in [0.2, 0.25) is 0 Å². The summed E-state index contributed by atoms with van der Waals surface area (Å²) in [5, 5.41) is 20.9. The van der Waals surface area contributed by atoms with Gasteiger partial charge in [-0.15, -0.1) is 0 Å². The van der Waals surface area contributed by atoms with E-state index in [2.05, 4.69) is 0 Å². The van der Waals surface area contributed by atoms with E-state index in [1.165, 1.54) is 6.92 Å². The molecule has 6 heteroatoms. The first-order chi connectivity index (χ1) is 12.9. The number of benzene rings is 2. The summed E-state index contributed by atoms with van der Waals surface area (Å²) in [5.74, 6) is -0.100. The maximum atomic E-state index is 13.1. The smallest absolute Gasteiger partial charge is 0.258 e. The van der Waals surface area contributed by atoms with Gasteiger partial charge in [-0.1, -0.05) is 18.2 Å². The van der Waals surface area contributed by atoms with E-state index in [9.17, 15) is 20.0 Å². The molecule has 0 aromatic heterocycles. The van der Waals surface area contributed by atoms with Crippen LogP contribution in [0.5, 0.6) is 0 Å². The number of carbonyl (C=O) groups is 2. The molecule has 0 aliphatic carbocycles. The number of carbonyl (C=O) groups excluding carboxylic acids is 2. The summed E-state index contributed by atoms with van der Waals surface area (Å²) in [6, 6.07) is 12.5. The molecular formula is C21H23N2O4-. The van der Waals surface area contributed by atoms with Gasteiger partial charge in [0.1, 0.15) is 5.78 Å². The van der Waals surface area contributed by atoms with Gasteiger partial charge in [-0.3, -0.25) is 10.0 Å². The molecule has 1 aliphatic rings. The molecular weight excluding hydrogens is 344 g/mol. The Morgan fingerprint density at radius 2 is 1.96 bits per heavy atom. The molecule has 0 fully saturated rings.